The first-order chi connectivity index (χ1) is 17.6. The molecule has 3 aromatic rings. The van der Waals surface area contributed by atoms with Crippen LogP contribution in [0.25, 0.3) is 11.5 Å². The molecule has 0 radical (unpaired) electrons. The number of fused-ring (bicyclic) bond motifs is 1. The van der Waals surface area contributed by atoms with Crippen LogP contribution in [0.3, 0.4) is 0 Å². The van der Waals surface area contributed by atoms with Gasteiger partial charge < -0.3 is 23.8 Å². The third kappa shape index (κ3) is 4.47. The molecule has 2 aromatic heterocycles. The molecule has 2 aliphatic heterocycles. The Hall–Kier alpha value is -3.40. The van der Waals surface area contributed by atoms with Gasteiger partial charge in [0.2, 0.25) is 0 Å². The molecule has 2 aliphatic rings. The number of carbonyl (C=O) groups excluding carboxylic acids is 1. The van der Waals surface area contributed by atoms with Gasteiger partial charge in [-0.25, -0.2) is 0 Å². The zero-order valence-electron chi connectivity index (χ0n) is 22.5. The number of ether oxygens (including phenoxy) is 1. The number of aromatic hydroxyl groups is 1. The minimum absolute atomic E-state index is 0.0167. The molecule has 198 valence electrons. The lowest BCUT2D eigenvalue weighted by Crippen LogP contribution is -2.53. The van der Waals surface area contributed by atoms with Crippen molar-refractivity contribution in [2.75, 3.05) is 26.2 Å². The number of hydrogen-bond acceptors (Lipinski definition) is 9. The first kappa shape index (κ1) is 25.3. The summed E-state index contributed by atoms with van der Waals surface area (Å²) in [6.07, 6.45) is 2.12. The van der Waals surface area contributed by atoms with E-state index < -0.39 is 5.60 Å². The van der Waals surface area contributed by atoms with Crippen molar-refractivity contribution in [2.45, 2.75) is 73.0 Å². The standard InChI is InChI=1S/C27H35N5O5/c1-15-16(2)24-20(17(3)23(15)33)8-9-27(6,35-24)26(34)32-11-7-10-31(12-13-32)14-21-28-25(37-30-21)22-18(4)29-36-19(22)5/h33H,7-14H2,1-6H3. The average Bonchev–Trinajstić information content (AvgIpc) is 3.38. The maximum atomic E-state index is 13.7. The van der Waals surface area contributed by atoms with Crippen LogP contribution in [-0.2, 0) is 17.8 Å². The van der Waals surface area contributed by atoms with Crippen LogP contribution in [0.1, 0.15) is 59.3 Å². The fraction of sp³-hybridized carbons (Fsp3) is 0.556. The van der Waals surface area contributed by atoms with Gasteiger partial charge in [0.15, 0.2) is 11.4 Å². The summed E-state index contributed by atoms with van der Waals surface area (Å²) in [5, 5.41) is 18.6. The van der Waals surface area contributed by atoms with E-state index in [0.29, 0.717) is 62.2 Å². The van der Waals surface area contributed by atoms with Crippen LogP contribution in [0.2, 0.25) is 0 Å². The van der Waals surface area contributed by atoms with Gasteiger partial charge in [0.1, 0.15) is 22.8 Å². The molecule has 10 nitrogen and oxygen atoms in total. The molecule has 1 atom stereocenters. The van der Waals surface area contributed by atoms with Crippen LogP contribution in [0, 0.1) is 34.6 Å². The van der Waals surface area contributed by atoms with Crippen molar-refractivity contribution in [3.63, 3.8) is 0 Å². The molecule has 1 saturated heterocycles. The van der Waals surface area contributed by atoms with Gasteiger partial charge in [-0.1, -0.05) is 10.3 Å². The quantitative estimate of drug-likeness (QED) is 0.560. The molecule has 0 aliphatic carbocycles. The first-order valence-electron chi connectivity index (χ1n) is 12.9. The van der Waals surface area contributed by atoms with E-state index in [1.54, 1.807) is 0 Å². The number of benzene rings is 1. The third-order valence-corrected chi connectivity index (χ3v) is 7.93. The molecule has 0 saturated carbocycles. The summed E-state index contributed by atoms with van der Waals surface area (Å²) < 4.78 is 17.1. The molecule has 1 amide bonds. The Labute approximate surface area is 216 Å². The summed E-state index contributed by atoms with van der Waals surface area (Å²) in [6, 6.07) is 0. The average molecular weight is 510 g/mol. The van der Waals surface area contributed by atoms with Crippen molar-refractivity contribution in [3.8, 4) is 23.0 Å². The van der Waals surface area contributed by atoms with Crippen molar-refractivity contribution in [2.24, 2.45) is 0 Å². The number of rotatable bonds is 4. The van der Waals surface area contributed by atoms with Crippen LogP contribution in [0.5, 0.6) is 11.5 Å². The highest BCUT2D eigenvalue weighted by molar-refractivity contribution is 5.86. The Bertz CT molecular complexity index is 1330. The Balaban J connectivity index is 1.25. The monoisotopic (exact) mass is 509 g/mol. The van der Waals surface area contributed by atoms with E-state index >= 15 is 0 Å². The Morgan fingerprint density at radius 2 is 1.78 bits per heavy atom. The Morgan fingerprint density at radius 1 is 1.00 bits per heavy atom. The molecule has 37 heavy (non-hydrogen) atoms. The molecule has 0 bridgehead atoms. The second-order valence-corrected chi connectivity index (χ2v) is 10.5. The van der Waals surface area contributed by atoms with Crippen LogP contribution < -0.4 is 4.74 Å². The minimum atomic E-state index is -0.931. The second-order valence-electron chi connectivity index (χ2n) is 10.5. The molecular weight excluding hydrogens is 474 g/mol. The summed E-state index contributed by atoms with van der Waals surface area (Å²) >= 11 is 0. The van der Waals surface area contributed by atoms with Crippen molar-refractivity contribution in [3.05, 3.63) is 39.5 Å². The number of carbonyl (C=O) groups is 1. The normalized spacial score (nSPS) is 20.4. The van der Waals surface area contributed by atoms with Gasteiger partial charge in [-0.05, 0) is 71.1 Å². The number of hydrogen-bond donors (Lipinski definition) is 1. The lowest BCUT2D eigenvalue weighted by Gasteiger charge is -2.39. The minimum Gasteiger partial charge on any atom is -0.507 e. The fourth-order valence-electron chi connectivity index (χ4n) is 5.47. The first-order valence-corrected chi connectivity index (χ1v) is 12.9. The maximum Gasteiger partial charge on any atom is 0.266 e. The number of aromatic nitrogens is 3. The van der Waals surface area contributed by atoms with E-state index in [4.69, 9.17) is 13.8 Å². The molecular formula is C27H35N5O5. The van der Waals surface area contributed by atoms with Gasteiger partial charge >= 0.3 is 0 Å². The van der Waals surface area contributed by atoms with Crippen molar-refractivity contribution >= 4 is 5.91 Å². The molecule has 0 spiro atoms. The number of amides is 1. The van der Waals surface area contributed by atoms with E-state index in [2.05, 4.69) is 20.2 Å². The number of nitrogens with zero attached hydrogens (tertiary/aromatic N) is 5. The van der Waals surface area contributed by atoms with Gasteiger partial charge in [0, 0.05) is 38.2 Å². The highest BCUT2D eigenvalue weighted by Gasteiger charge is 2.43. The number of aryl methyl sites for hydroxylation is 2. The van der Waals surface area contributed by atoms with Gasteiger partial charge in [-0.2, -0.15) is 4.98 Å². The van der Waals surface area contributed by atoms with E-state index in [0.717, 1.165) is 52.2 Å². The molecule has 1 fully saturated rings. The van der Waals surface area contributed by atoms with Crippen molar-refractivity contribution in [1.29, 1.82) is 0 Å². The highest BCUT2D eigenvalue weighted by Crippen LogP contribution is 2.43. The Morgan fingerprint density at radius 3 is 2.51 bits per heavy atom. The predicted octanol–water partition coefficient (Wildman–Crippen LogP) is 3.79. The third-order valence-electron chi connectivity index (χ3n) is 7.93. The van der Waals surface area contributed by atoms with E-state index in [-0.39, 0.29) is 5.91 Å². The lowest BCUT2D eigenvalue weighted by atomic mass is 9.86. The molecule has 1 N–H and O–H groups in total. The van der Waals surface area contributed by atoms with Crippen LogP contribution in [-0.4, -0.2) is 67.9 Å². The molecule has 1 aromatic carbocycles. The highest BCUT2D eigenvalue weighted by atomic mass is 16.5. The smallest absolute Gasteiger partial charge is 0.266 e. The van der Waals surface area contributed by atoms with Crippen LogP contribution in [0.4, 0.5) is 0 Å². The topological polar surface area (TPSA) is 118 Å². The fourth-order valence-corrected chi connectivity index (χ4v) is 5.47. The SMILES string of the molecule is Cc1noc(C)c1-c1nc(CN2CCCN(C(=O)C3(C)CCc4c(C)c(O)c(C)c(C)c4O3)CC2)no1. The molecule has 10 heteroatoms. The van der Waals surface area contributed by atoms with Crippen molar-refractivity contribution < 1.29 is 23.7 Å². The summed E-state index contributed by atoms with van der Waals surface area (Å²) in [5.74, 6) is 2.74. The van der Waals surface area contributed by atoms with E-state index in [1.807, 2.05) is 46.4 Å². The largest absolute Gasteiger partial charge is 0.507 e. The lowest BCUT2D eigenvalue weighted by molar-refractivity contribution is -0.148. The summed E-state index contributed by atoms with van der Waals surface area (Å²) in [4.78, 5) is 22.4. The second kappa shape index (κ2) is 9.48. The molecule has 1 unspecified atom stereocenters. The van der Waals surface area contributed by atoms with E-state index in [9.17, 15) is 9.90 Å². The predicted molar refractivity (Wildman–Crippen MR) is 135 cm³/mol. The van der Waals surface area contributed by atoms with Gasteiger partial charge in [0.05, 0.1) is 12.2 Å². The van der Waals surface area contributed by atoms with Gasteiger partial charge in [-0.15, -0.1) is 0 Å². The van der Waals surface area contributed by atoms with E-state index in [1.165, 1.54) is 0 Å². The van der Waals surface area contributed by atoms with Crippen molar-refractivity contribution in [1.82, 2.24) is 25.1 Å². The summed E-state index contributed by atoms with van der Waals surface area (Å²) in [5.41, 5.74) is 4.08. The van der Waals surface area contributed by atoms with Crippen LogP contribution in [0.15, 0.2) is 9.05 Å². The molecule has 5 rings (SSSR count). The van der Waals surface area contributed by atoms with Crippen LogP contribution >= 0.6 is 0 Å². The Kier molecular flexibility index (Phi) is 6.47. The maximum absolute atomic E-state index is 13.7. The summed E-state index contributed by atoms with van der Waals surface area (Å²) in [7, 11) is 0. The number of phenolic OH excluding ortho intramolecular Hbond substituents is 1. The number of phenols is 1. The van der Waals surface area contributed by atoms with Gasteiger partial charge in [-0.3, -0.25) is 9.69 Å². The zero-order valence-corrected chi connectivity index (χ0v) is 22.5. The zero-order chi connectivity index (χ0) is 26.5. The summed E-state index contributed by atoms with van der Waals surface area (Å²) in [6.45, 7) is 14.7. The molecule has 4 heterocycles. The van der Waals surface area contributed by atoms with Gasteiger partial charge in [0.25, 0.3) is 11.8 Å².